The van der Waals surface area contributed by atoms with Gasteiger partial charge in [-0.05, 0) is 30.8 Å². The van der Waals surface area contributed by atoms with Gasteiger partial charge in [0.25, 0.3) is 4.84 Å². The summed E-state index contributed by atoms with van der Waals surface area (Å²) in [5.74, 6) is 0.135. The molecular weight excluding hydrogens is 353 g/mol. The second-order valence-corrected chi connectivity index (χ2v) is 8.81. The van der Waals surface area contributed by atoms with Crippen LogP contribution in [0.25, 0.3) is 0 Å². The monoisotopic (exact) mass is 372 g/mol. The van der Waals surface area contributed by atoms with E-state index in [2.05, 4.69) is 5.10 Å². The van der Waals surface area contributed by atoms with Crippen molar-refractivity contribution in [1.82, 2.24) is 9.78 Å². The lowest BCUT2D eigenvalue weighted by molar-refractivity contribution is -0.917. The lowest BCUT2D eigenvalue weighted by Crippen LogP contribution is -3.07. The second-order valence-electron chi connectivity index (χ2n) is 6.23. The standard InChI is InChI=1S/C15H18FN3O3S2/c1-18(8-11-3-2-4-13(16)7-11)10-19-15(23)22-14(17-19)12-5-6-24(20,21)9-12/h2-4,7,12H,5-6,8-10H2,1H3/p+1/t12-/m0/s1. The molecule has 3 rings (SSSR count). The minimum absolute atomic E-state index is 0.0638. The molecule has 1 unspecified atom stereocenters. The Bertz CT molecular complexity index is 891. The Balaban J connectivity index is 1.68. The lowest BCUT2D eigenvalue weighted by atomic mass is 10.1. The summed E-state index contributed by atoms with van der Waals surface area (Å²) in [6, 6.07) is 6.46. The van der Waals surface area contributed by atoms with Crippen molar-refractivity contribution in [3.63, 3.8) is 0 Å². The van der Waals surface area contributed by atoms with E-state index >= 15 is 0 Å². The topological polar surface area (TPSA) is 69.5 Å². The molecule has 9 heteroatoms. The van der Waals surface area contributed by atoms with Crippen molar-refractivity contribution in [3.05, 3.63) is 46.4 Å². The van der Waals surface area contributed by atoms with E-state index in [9.17, 15) is 12.8 Å². The van der Waals surface area contributed by atoms with Crippen molar-refractivity contribution in [2.24, 2.45) is 0 Å². The molecule has 1 aromatic carbocycles. The van der Waals surface area contributed by atoms with Gasteiger partial charge in [-0.3, -0.25) is 0 Å². The van der Waals surface area contributed by atoms with Crippen LogP contribution in [0.5, 0.6) is 0 Å². The molecule has 0 saturated carbocycles. The van der Waals surface area contributed by atoms with Gasteiger partial charge in [0.15, 0.2) is 16.5 Å². The molecule has 0 bridgehead atoms. The van der Waals surface area contributed by atoms with Crippen LogP contribution in [-0.2, 0) is 23.1 Å². The van der Waals surface area contributed by atoms with Crippen LogP contribution in [-0.4, -0.2) is 36.8 Å². The molecule has 2 atom stereocenters. The average molecular weight is 372 g/mol. The first-order valence-corrected chi connectivity index (χ1v) is 9.89. The fourth-order valence-electron chi connectivity index (χ4n) is 2.88. The van der Waals surface area contributed by atoms with Crippen molar-refractivity contribution >= 4 is 22.1 Å². The van der Waals surface area contributed by atoms with E-state index in [0.717, 1.165) is 10.5 Å². The minimum Gasteiger partial charge on any atom is -0.413 e. The van der Waals surface area contributed by atoms with E-state index in [1.807, 2.05) is 13.1 Å². The maximum absolute atomic E-state index is 13.2. The van der Waals surface area contributed by atoms with Gasteiger partial charge in [0.1, 0.15) is 12.4 Å². The summed E-state index contributed by atoms with van der Waals surface area (Å²) < 4.78 is 43.4. The van der Waals surface area contributed by atoms with Crippen LogP contribution in [0.1, 0.15) is 23.8 Å². The van der Waals surface area contributed by atoms with Crippen LogP contribution >= 0.6 is 12.2 Å². The Morgan fingerprint density at radius 1 is 1.50 bits per heavy atom. The molecule has 1 aliphatic heterocycles. The predicted octanol–water partition coefficient (Wildman–Crippen LogP) is 0.919. The number of nitrogens with zero attached hydrogens (tertiary/aromatic N) is 2. The highest BCUT2D eigenvalue weighted by molar-refractivity contribution is 7.91. The van der Waals surface area contributed by atoms with Crippen LogP contribution in [0.3, 0.4) is 0 Å². The highest BCUT2D eigenvalue weighted by Crippen LogP contribution is 2.27. The molecule has 2 heterocycles. The molecule has 24 heavy (non-hydrogen) atoms. The Hall–Kier alpha value is -1.58. The zero-order chi connectivity index (χ0) is 17.3. The number of quaternary nitrogens is 1. The van der Waals surface area contributed by atoms with Gasteiger partial charge in [-0.25, -0.2) is 12.8 Å². The molecule has 0 radical (unpaired) electrons. The first-order chi connectivity index (χ1) is 11.3. The van der Waals surface area contributed by atoms with Gasteiger partial charge < -0.3 is 9.32 Å². The summed E-state index contributed by atoms with van der Waals surface area (Å²) in [6.07, 6.45) is 0.517. The minimum atomic E-state index is -3.00. The highest BCUT2D eigenvalue weighted by atomic mass is 32.2. The highest BCUT2D eigenvalue weighted by Gasteiger charge is 2.32. The van der Waals surface area contributed by atoms with E-state index < -0.39 is 9.84 Å². The Kier molecular flexibility index (Phi) is 4.84. The smallest absolute Gasteiger partial charge is 0.291 e. The maximum Gasteiger partial charge on any atom is 0.291 e. The third-order valence-corrected chi connectivity index (χ3v) is 6.08. The molecule has 0 amide bonds. The SMILES string of the molecule is C[NH+](Cc1cccc(F)c1)Cn1nc([C@H]2CCS(=O)(=O)C2)oc1=S. The molecule has 1 aliphatic rings. The summed E-state index contributed by atoms with van der Waals surface area (Å²) in [6.45, 7) is 1.07. The van der Waals surface area contributed by atoms with Crippen molar-refractivity contribution in [2.45, 2.75) is 25.6 Å². The number of halogens is 1. The van der Waals surface area contributed by atoms with Gasteiger partial charge in [-0.2, -0.15) is 4.68 Å². The quantitative estimate of drug-likeness (QED) is 0.791. The van der Waals surface area contributed by atoms with Gasteiger partial charge in [0.05, 0.1) is 24.5 Å². The van der Waals surface area contributed by atoms with Gasteiger partial charge in [-0.1, -0.05) is 12.1 Å². The molecule has 6 nitrogen and oxygen atoms in total. The third kappa shape index (κ3) is 4.08. The number of sulfone groups is 1. The van der Waals surface area contributed by atoms with Gasteiger partial charge in [-0.15, -0.1) is 5.10 Å². The summed E-state index contributed by atoms with van der Waals surface area (Å²) >= 11 is 5.18. The number of rotatable bonds is 5. The zero-order valence-electron chi connectivity index (χ0n) is 13.2. The fourth-order valence-corrected chi connectivity index (χ4v) is 4.81. The summed E-state index contributed by atoms with van der Waals surface area (Å²) in [7, 11) is -1.05. The molecular formula is C15H19FN3O3S2+. The van der Waals surface area contributed by atoms with Crippen LogP contribution in [0.2, 0.25) is 0 Å². The van der Waals surface area contributed by atoms with Crippen molar-refractivity contribution in [2.75, 3.05) is 18.6 Å². The predicted molar refractivity (Wildman–Crippen MR) is 88.3 cm³/mol. The molecule has 0 spiro atoms. The van der Waals surface area contributed by atoms with Crippen molar-refractivity contribution < 1.29 is 22.1 Å². The fraction of sp³-hybridized carbons (Fsp3) is 0.467. The Labute approximate surface area is 144 Å². The van der Waals surface area contributed by atoms with Gasteiger partial charge >= 0.3 is 0 Å². The van der Waals surface area contributed by atoms with Crippen LogP contribution in [0.15, 0.2) is 28.7 Å². The zero-order valence-corrected chi connectivity index (χ0v) is 14.9. The van der Waals surface area contributed by atoms with E-state index in [1.165, 1.54) is 12.1 Å². The first-order valence-electron chi connectivity index (χ1n) is 7.66. The van der Waals surface area contributed by atoms with E-state index in [-0.39, 0.29) is 28.1 Å². The molecule has 1 fully saturated rings. The molecule has 0 aliphatic carbocycles. The molecule has 1 aromatic heterocycles. The lowest BCUT2D eigenvalue weighted by Gasteiger charge is -2.13. The molecule has 1 N–H and O–H groups in total. The average Bonchev–Trinajstić information content (AvgIpc) is 3.02. The van der Waals surface area contributed by atoms with E-state index in [1.54, 1.807) is 10.7 Å². The molecule has 2 aromatic rings. The summed E-state index contributed by atoms with van der Waals surface area (Å²) in [4.78, 5) is 1.28. The second kappa shape index (κ2) is 6.73. The van der Waals surface area contributed by atoms with Gasteiger partial charge in [0, 0.05) is 5.56 Å². The largest absolute Gasteiger partial charge is 0.413 e. The number of hydrogen-bond donors (Lipinski definition) is 1. The van der Waals surface area contributed by atoms with E-state index in [4.69, 9.17) is 16.6 Å². The summed E-state index contributed by atoms with van der Waals surface area (Å²) in [5, 5.41) is 4.34. The molecule has 1 saturated heterocycles. The van der Waals surface area contributed by atoms with Crippen LogP contribution in [0, 0.1) is 10.7 Å². The van der Waals surface area contributed by atoms with Gasteiger partial charge in [0.2, 0.25) is 5.89 Å². The Morgan fingerprint density at radius 3 is 2.96 bits per heavy atom. The maximum atomic E-state index is 13.2. The normalized spacial score (nSPS) is 21.0. The third-order valence-electron chi connectivity index (χ3n) is 4.02. The van der Waals surface area contributed by atoms with Crippen molar-refractivity contribution in [3.8, 4) is 0 Å². The number of aromatic nitrogens is 2. The number of benzene rings is 1. The number of hydrogen-bond acceptors (Lipinski definition) is 5. The van der Waals surface area contributed by atoms with E-state index in [0.29, 0.717) is 25.5 Å². The molecule has 130 valence electrons. The van der Waals surface area contributed by atoms with Crippen LogP contribution in [0.4, 0.5) is 4.39 Å². The Morgan fingerprint density at radius 2 is 2.29 bits per heavy atom. The number of nitrogens with one attached hydrogen (secondary N) is 1. The first kappa shape index (κ1) is 17.2. The van der Waals surface area contributed by atoms with Crippen molar-refractivity contribution in [1.29, 1.82) is 0 Å². The summed E-state index contributed by atoms with van der Waals surface area (Å²) in [5.41, 5.74) is 0.879. The van der Waals surface area contributed by atoms with Crippen LogP contribution < -0.4 is 4.90 Å².